The minimum atomic E-state index is -0.377. The van der Waals surface area contributed by atoms with Gasteiger partial charge in [0.05, 0.1) is 25.8 Å². The van der Waals surface area contributed by atoms with Crippen molar-refractivity contribution in [2.45, 2.75) is 44.6 Å². The Morgan fingerprint density at radius 1 is 1.35 bits per heavy atom. The van der Waals surface area contributed by atoms with Crippen LogP contribution in [0.25, 0.3) is 0 Å². The number of rotatable bonds is 3. The third kappa shape index (κ3) is 2.78. The molecule has 3 heterocycles. The Labute approximate surface area is 124 Å². The van der Waals surface area contributed by atoms with Gasteiger partial charge < -0.3 is 15.2 Å². The molecular weight excluding hydrogens is 272 g/mol. The van der Waals surface area contributed by atoms with Crippen molar-refractivity contribution in [3.63, 3.8) is 0 Å². The highest BCUT2D eigenvalue weighted by Crippen LogP contribution is 2.37. The summed E-state index contributed by atoms with van der Waals surface area (Å²) in [6.45, 7) is 7.57. The van der Waals surface area contributed by atoms with Crippen molar-refractivity contribution in [2.75, 3.05) is 26.3 Å². The van der Waals surface area contributed by atoms with Crippen molar-refractivity contribution < 1.29 is 9.47 Å². The Morgan fingerprint density at radius 3 is 2.70 bits per heavy atom. The summed E-state index contributed by atoms with van der Waals surface area (Å²) in [6, 6.07) is 4.76. The molecule has 0 amide bonds. The SMILES string of the molecule is Cc1ccc(C(C(C)N)N2CCCC3(C2)OCCO3)s1. The molecule has 1 aromatic rings. The molecule has 0 aliphatic carbocycles. The summed E-state index contributed by atoms with van der Waals surface area (Å²) in [6.07, 6.45) is 2.10. The van der Waals surface area contributed by atoms with Crippen LogP contribution in [0.1, 0.15) is 35.6 Å². The van der Waals surface area contributed by atoms with Crippen LogP contribution < -0.4 is 5.73 Å². The van der Waals surface area contributed by atoms with E-state index in [4.69, 9.17) is 15.2 Å². The van der Waals surface area contributed by atoms with Crippen LogP contribution in [0, 0.1) is 6.92 Å². The number of thiophene rings is 1. The van der Waals surface area contributed by atoms with Gasteiger partial charge in [-0.25, -0.2) is 0 Å². The number of aryl methyl sites for hydroxylation is 1. The van der Waals surface area contributed by atoms with Gasteiger partial charge >= 0.3 is 0 Å². The van der Waals surface area contributed by atoms with E-state index in [1.165, 1.54) is 9.75 Å². The van der Waals surface area contributed by atoms with Crippen LogP contribution in [-0.2, 0) is 9.47 Å². The van der Waals surface area contributed by atoms with E-state index in [0.717, 1.165) is 39.1 Å². The first-order chi connectivity index (χ1) is 9.60. The topological polar surface area (TPSA) is 47.7 Å². The van der Waals surface area contributed by atoms with Crippen molar-refractivity contribution in [3.8, 4) is 0 Å². The summed E-state index contributed by atoms with van der Waals surface area (Å²) in [5.74, 6) is -0.377. The molecule has 0 saturated carbocycles. The van der Waals surface area contributed by atoms with E-state index in [1.54, 1.807) is 0 Å². The van der Waals surface area contributed by atoms with E-state index in [1.807, 2.05) is 11.3 Å². The van der Waals surface area contributed by atoms with Gasteiger partial charge in [0.2, 0.25) is 0 Å². The van der Waals surface area contributed by atoms with Crippen molar-refractivity contribution >= 4 is 11.3 Å². The summed E-state index contributed by atoms with van der Waals surface area (Å²) in [7, 11) is 0. The lowest BCUT2D eigenvalue weighted by Gasteiger charge is -2.43. The van der Waals surface area contributed by atoms with Crippen LogP contribution in [0.4, 0.5) is 0 Å². The zero-order valence-corrected chi connectivity index (χ0v) is 13.1. The smallest absolute Gasteiger partial charge is 0.181 e. The summed E-state index contributed by atoms with van der Waals surface area (Å²) in [5.41, 5.74) is 6.28. The molecule has 1 spiro atoms. The lowest BCUT2D eigenvalue weighted by Crippen LogP contribution is -2.52. The van der Waals surface area contributed by atoms with Crippen molar-refractivity contribution in [3.05, 3.63) is 21.9 Å². The molecule has 0 bridgehead atoms. The van der Waals surface area contributed by atoms with Gasteiger partial charge in [-0.1, -0.05) is 0 Å². The molecule has 3 rings (SSSR count). The second-order valence-corrected chi connectivity index (χ2v) is 7.25. The molecule has 4 nitrogen and oxygen atoms in total. The van der Waals surface area contributed by atoms with Crippen LogP contribution in [0.15, 0.2) is 12.1 Å². The first-order valence-corrected chi connectivity index (χ1v) is 8.25. The van der Waals surface area contributed by atoms with Gasteiger partial charge in [-0.2, -0.15) is 0 Å². The van der Waals surface area contributed by atoms with Crippen molar-refractivity contribution in [2.24, 2.45) is 5.73 Å². The molecule has 2 fully saturated rings. The van der Waals surface area contributed by atoms with Gasteiger partial charge in [0.25, 0.3) is 0 Å². The molecule has 0 radical (unpaired) electrons. The van der Waals surface area contributed by atoms with E-state index >= 15 is 0 Å². The van der Waals surface area contributed by atoms with Crippen LogP contribution in [0.3, 0.4) is 0 Å². The lowest BCUT2D eigenvalue weighted by atomic mass is 9.99. The highest BCUT2D eigenvalue weighted by Gasteiger charge is 2.43. The normalized spacial score (nSPS) is 25.9. The van der Waals surface area contributed by atoms with Crippen LogP contribution in [-0.4, -0.2) is 43.0 Å². The van der Waals surface area contributed by atoms with Gasteiger partial charge in [0.15, 0.2) is 5.79 Å². The fourth-order valence-electron chi connectivity index (χ4n) is 3.37. The van der Waals surface area contributed by atoms with Gasteiger partial charge in [-0.05, 0) is 38.9 Å². The van der Waals surface area contributed by atoms with Crippen molar-refractivity contribution in [1.29, 1.82) is 0 Å². The first-order valence-electron chi connectivity index (χ1n) is 7.43. The molecule has 112 valence electrons. The fraction of sp³-hybridized carbons (Fsp3) is 0.733. The Kier molecular flexibility index (Phi) is 4.15. The largest absolute Gasteiger partial charge is 0.346 e. The number of hydrogen-bond acceptors (Lipinski definition) is 5. The maximum absolute atomic E-state index is 6.28. The van der Waals surface area contributed by atoms with E-state index in [0.29, 0.717) is 0 Å². The number of hydrogen-bond donors (Lipinski definition) is 1. The molecule has 2 atom stereocenters. The second kappa shape index (κ2) is 5.73. The monoisotopic (exact) mass is 296 g/mol. The van der Waals surface area contributed by atoms with E-state index in [-0.39, 0.29) is 17.9 Å². The lowest BCUT2D eigenvalue weighted by molar-refractivity contribution is -0.194. The van der Waals surface area contributed by atoms with Crippen LogP contribution in [0.2, 0.25) is 0 Å². The quantitative estimate of drug-likeness (QED) is 0.929. The minimum absolute atomic E-state index is 0.101. The molecule has 5 heteroatoms. The van der Waals surface area contributed by atoms with Gasteiger partial charge in [0.1, 0.15) is 0 Å². The summed E-state index contributed by atoms with van der Waals surface area (Å²) in [4.78, 5) is 5.14. The third-order valence-corrected chi connectivity index (χ3v) is 5.28. The molecule has 2 aliphatic heterocycles. The molecule has 2 unspecified atom stereocenters. The molecule has 2 N–H and O–H groups in total. The summed E-state index contributed by atoms with van der Waals surface area (Å²) < 4.78 is 11.8. The Morgan fingerprint density at radius 2 is 2.10 bits per heavy atom. The third-order valence-electron chi connectivity index (χ3n) is 4.20. The Bertz CT molecular complexity index is 454. The molecular formula is C15H24N2O2S. The molecule has 20 heavy (non-hydrogen) atoms. The van der Waals surface area contributed by atoms with Crippen LogP contribution in [0.5, 0.6) is 0 Å². The number of piperidine rings is 1. The average Bonchev–Trinajstić information content (AvgIpc) is 3.00. The second-order valence-electron chi connectivity index (χ2n) is 5.93. The van der Waals surface area contributed by atoms with E-state index < -0.39 is 0 Å². The zero-order chi connectivity index (χ0) is 14.2. The number of likely N-dealkylation sites (tertiary alicyclic amines) is 1. The molecule has 2 saturated heterocycles. The molecule has 0 aromatic carbocycles. The van der Waals surface area contributed by atoms with Gasteiger partial charge in [0, 0.05) is 22.2 Å². The number of nitrogens with two attached hydrogens (primary N) is 1. The maximum atomic E-state index is 6.28. The Hall–Kier alpha value is -0.460. The fourth-order valence-corrected chi connectivity index (χ4v) is 4.50. The molecule has 2 aliphatic rings. The Balaban J connectivity index is 1.80. The predicted octanol–water partition coefficient (Wildman–Crippen LogP) is 2.28. The number of ether oxygens (including phenoxy) is 2. The highest BCUT2D eigenvalue weighted by atomic mass is 32.1. The average molecular weight is 296 g/mol. The minimum Gasteiger partial charge on any atom is -0.346 e. The van der Waals surface area contributed by atoms with Crippen molar-refractivity contribution in [1.82, 2.24) is 4.90 Å². The molecule has 1 aromatic heterocycles. The summed E-state index contributed by atoms with van der Waals surface area (Å²) in [5, 5.41) is 0. The first kappa shape index (κ1) is 14.5. The maximum Gasteiger partial charge on any atom is 0.181 e. The zero-order valence-electron chi connectivity index (χ0n) is 12.3. The highest BCUT2D eigenvalue weighted by molar-refractivity contribution is 7.12. The predicted molar refractivity (Wildman–Crippen MR) is 80.9 cm³/mol. The van der Waals surface area contributed by atoms with Gasteiger partial charge in [-0.3, -0.25) is 4.90 Å². The van der Waals surface area contributed by atoms with Gasteiger partial charge in [-0.15, -0.1) is 11.3 Å². The van der Waals surface area contributed by atoms with Crippen LogP contribution >= 0.6 is 11.3 Å². The number of nitrogens with zero attached hydrogens (tertiary/aromatic N) is 1. The van der Waals surface area contributed by atoms with E-state index in [2.05, 4.69) is 30.9 Å². The van der Waals surface area contributed by atoms with E-state index in [9.17, 15) is 0 Å². The standard InChI is InChI=1S/C15H24N2O2S/c1-11-4-5-13(20-11)14(12(2)16)17-7-3-6-15(10-17)18-8-9-19-15/h4-5,12,14H,3,6-10,16H2,1-2H3. The summed E-state index contributed by atoms with van der Waals surface area (Å²) >= 11 is 1.85.